The van der Waals surface area contributed by atoms with Crippen molar-refractivity contribution in [3.63, 3.8) is 0 Å². The fourth-order valence-electron chi connectivity index (χ4n) is 12.9. The molecule has 0 spiro atoms. The first-order valence-electron chi connectivity index (χ1n) is 34.3. The number of nitriles is 1. The van der Waals surface area contributed by atoms with E-state index in [1.54, 1.807) is 26.5 Å². The molecule has 0 aliphatic carbocycles. The topological polar surface area (TPSA) is 431 Å². The van der Waals surface area contributed by atoms with Gasteiger partial charge in [-0.05, 0) is 139 Å². The molecule has 1 N–H and O–H groups in total. The fourth-order valence-corrected chi connectivity index (χ4v) is 13.1. The molecule has 12 aromatic heterocycles. The number of pyridine rings is 4. The van der Waals surface area contributed by atoms with Gasteiger partial charge in [0.1, 0.15) is 123 Å². The second kappa shape index (κ2) is 33.3. The quantitative estimate of drug-likeness (QED) is 0.0431. The summed E-state index contributed by atoms with van der Waals surface area (Å²) in [5.41, 5.74) is 3.25. The first-order chi connectivity index (χ1) is 52.7. The van der Waals surface area contributed by atoms with Gasteiger partial charge in [0.15, 0.2) is 23.3 Å². The Morgan fingerprint density at radius 3 is 1.20 bits per heavy atom. The summed E-state index contributed by atoms with van der Waals surface area (Å²) in [5.74, 6) is -0.928. The molecule has 2 amide bonds. The Balaban J connectivity index is 0.000000138. The Kier molecular flexibility index (Phi) is 23.2. The van der Waals surface area contributed by atoms with E-state index in [-0.39, 0.29) is 81.7 Å². The number of carbonyl (C=O) groups excluding carboxylic acids is 2. The number of nitro groups is 4. The van der Waals surface area contributed by atoms with E-state index in [9.17, 15) is 67.6 Å². The van der Waals surface area contributed by atoms with Gasteiger partial charge < -0.3 is 19.9 Å². The molecule has 0 bridgehead atoms. The van der Waals surface area contributed by atoms with E-state index < -0.39 is 60.3 Å². The normalized spacial score (nSPS) is 15.7. The molecule has 12 aromatic rings. The van der Waals surface area contributed by atoms with Crippen molar-refractivity contribution in [3.8, 4) is 52.1 Å². The lowest BCUT2D eigenvalue weighted by Crippen LogP contribution is -2.43. The van der Waals surface area contributed by atoms with Gasteiger partial charge in [-0.25, -0.2) is 82.2 Å². The first-order valence-corrected chi connectivity index (χ1v) is 34.7. The number of nitrogens with zero attached hydrogens (tertiary/aromatic N) is 23. The van der Waals surface area contributed by atoms with Crippen LogP contribution in [0.5, 0.6) is 0 Å². The van der Waals surface area contributed by atoms with E-state index >= 15 is 0 Å². The lowest BCUT2D eigenvalue weighted by Gasteiger charge is -2.34. The molecule has 3 aliphatic heterocycles. The smallest absolute Gasteiger partial charge is 0.410 e. The third-order valence-corrected chi connectivity index (χ3v) is 18.2. The summed E-state index contributed by atoms with van der Waals surface area (Å²) in [7, 11) is 0. The summed E-state index contributed by atoms with van der Waals surface area (Å²) in [6.07, 6.45) is 21.2. The number of hydrogen-bond acceptors (Lipinski definition) is 25. The molecule has 110 heavy (non-hydrogen) atoms. The number of nitrogens with one attached hydrogen (secondary N) is 1. The average molecular weight is 1530 g/mol. The van der Waals surface area contributed by atoms with Gasteiger partial charge in [-0.2, -0.15) is 5.26 Å². The van der Waals surface area contributed by atoms with Gasteiger partial charge in [0.2, 0.25) is 11.1 Å². The molecule has 35 nitrogen and oxygen atoms in total. The summed E-state index contributed by atoms with van der Waals surface area (Å²) < 4.78 is 65.7. The zero-order chi connectivity index (χ0) is 78.1. The SMILES string of the molecule is CC(C)(C)OC(=O)N1CCC[C@@H](Cc2nc(-c3cnc4ccc(F)cn34)ncc2[N+](=O)[O-])C1.N#CCC(=O)N1CCC[C@@H](Cc2nc(-c3cnc4ccc(F)cn34)ncc2[N+](=O)[O-])C1.O=[N+]([O-])c1cnc(-c2cnc3ccc(F)cn23)nc1C[C@@H]1CCCNC1.O=[N+]([O-])c1cnc(-c2cnc3ccc(F)cn23)nc1Cl. The van der Waals surface area contributed by atoms with Crippen LogP contribution in [0.4, 0.5) is 45.1 Å². The predicted octanol–water partition coefficient (Wildman–Crippen LogP) is 11.4. The summed E-state index contributed by atoms with van der Waals surface area (Å²) in [5, 5.41) is 56.9. The number of imidazole rings is 4. The minimum absolute atomic E-state index is 0.0210. The number of hydrogen-bond donors (Lipinski definition) is 1. The van der Waals surface area contributed by atoms with Crippen molar-refractivity contribution < 1.29 is 51.6 Å². The highest BCUT2D eigenvalue weighted by atomic mass is 35.5. The van der Waals surface area contributed by atoms with Crippen molar-refractivity contribution >= 4 is 68.9 Å². The van der Waals surface area contributed by atoms with E-state index in [1.165, 1.54) is 111 Å². The predicted molar refractivity (Wildman–Crippen MR) is 383 cm³/mol. The summed E-state index contributed by atoms with van der Waals surface area (Å²) in [4.78, 5) is 121. The molecule has 3 aliphatic rings. The zero-order valence-corrected chi connectivity index (χ0v) is 59.5. The van der Waals surface area contributed by atoms with Crippen LogP contribution >= 0.6 is 11.6 Å². The van der Waals surface area contributed by atoms with Crippen LogP contribution in [0.15, 0.2) is 123 Å². The third kappa shape index (κ3) is 18.1. The van der Waals surface area contributed by atoms with Gasteiger partial charge in [0, 0.05) is 70.2 Å². The lowest BCUT2D eigenvalue weighted by atomic mass is 9.92. The highest BCUT2D eigenvalue weighted by Gasteiger charge is 2.33. The Morgan fingerprint density at radius 2 is 0.855 bits per heavy atom. The Labute approximate surface area is 624 Å². The maximum Gasteiger partial charge on any atom is 0.410 e. The number of likely N-dealkylation sites (tertiary alicyclic amines) is 2. The molecule has 3 fully saturated rings. The molecule has 3 saturated heterocycles. The number of piperidine rings is 3. The summed E-state index contributed by atoms with van der Waals surface area (Å²) in [6.45, 7) is 9.21. The van der Waals surface area contributed by atoms with Crippen molar-refractivity contribution in [2.24, 2.45) is 17.8 Å². The van der Waals surface area contributed by atoms with E-state index in [0.717, 1.165) is 64.0 Å². The van der Waals surface area contributed by atoms with Gasteiger partial charge >= 0.3 is 28.8 Å². The minimum atomic E-state index is -0.680. The van der Waals surface area contributed by atoms with Crippen molar-refractivity contribution in [3.05, 3.63) is 209 Å². The first kappa shape index (κ1) is 76.5. The number of rotatable bonds is 15. The van der Waals surface area contributed by atoms with E-state index in [0.29, 0.717) is 102 Å². The van der Waals surface area contributed by atoms with Crippen molar-refractivity contribution in [2.45, 2.75) is 90.6 Å². The lowest BCUT2D eigenvalue weighted by molar-refractivity contribution is -0.386. The highest BCUT2D eigenvalue weighted by molar-refractivity contribution is 6.31. The van der Waals surface area contributed by atoms with E-state index in [4.69, 9.17) is 21.6 Å². The van der Waals surface area contributed by atoms with Crippen molar-refractivity contribution in [1.29, 1.82) is 5.26 Å². The standard InChI is InChI=1S/C22H25FN6O4.C20H18FN7O3.C17H17FN6O2.C11H5ClFN5O2/c1-22(2,3)33-21(30)27-8-4-5-14(12-27)9-16-17(29(31)32)10-25-20(26-16)18-11-24-19-7-6-15(23)13-28(18)19;21-14-3-4-18-23-10-17(27(18)12-14)20-24-9-16(28(30)31)15(25-20)8-13-2-1-7-26(11-13)19(29)5-6-22;18-12-3-4-16-20-9-15(23(16)10-12)17-21-8-14(24(25)26)13(22-17)6-11-2-1-5-19-7-11;12-10-7(18(19)20)3-15-11(16-10)8-4-14-9-2-1-6(13)5-17(8)9/h6-7,10-11,13-14H,4-5,8-9,12H2,1-3H3;3-4,9-10,12-13H,1-2,5,7-8,11H2;3-4,8-11,19H,1-2,5-7H2;1-5H/t14-;13-;11-;/m000./s1. The van der Waals surface area contributed by atoms with Gasteiger partial charge in [-0.3, -0.25) is 62.9 Å². The molecular formula is C70H65ClF4N24O11. The molecule has 0 unspecified atom stereocenters. The number of amides is 2. The number of halogens is 5. The van der Waals surface area contributed by atoms with Gasteiger partial charge in [0.25, 0.3) is 0 Å². The summed E-state index contributed by atoms with van der Waals surface area (Å²) >= 11 is 5.73. The van der Waals surface area contributed by atoms with Crippen LogP contribution in [0.1, 0.15) is 82.8 Å². The van der Waals surface area contributed by atoms with Crippen LogP contribution in [0, 0.1) is 92.8 Å². The maximum atomic E-state index is 13.8. The molecule has 40 heteroatoms. The average Bonchev–Trinajstić information content (AvgIpc) is 1.60. The van der Waals surface area contributed by atoms with Crippen LogP contribution in [-0.2, 0) is 28.8 Å². The van der Waals surface area contributed by atoms with Crippen LogP contribution in [-0.4, -0.2) is 164 Å². The summed E-state index contributed by atoms with van der Waals surface area (Å²) in [6, 6.07) is 13.1. The largest absolute Gasteiger partial charge is 0.444 e. The number of ether oxygens (including phenoxy) is 1. The molecule has 0 saturated carbocycles. The van der Waals surface area contributed by atoms with Gasteiger partial charge in [0.05, 0.1) is 50.5 Å². The number of aromatic nitrogens is 16. The van der Waals surface area contributed by atoms with Crippen molar-refractivity contribution in [1.82, 2.24) is 92.5 Å². The van der Waals surface area contributed by atoms with Crippen LogP contribution in [0.2, 0.25) is 5.15 Å². The maximum absolute atomic E-state index is 13.8. The van der Waals surface area contributed by atoms with Crippen LogP contribution in [0.3, 0.4) is 0 Å². The molecule has 15 rings (SSSR count). The second-order valence-corrected chi connectivity index (χ2v) is 27.2. The fraction of sp³-hybridized carbons (Fsp3) is 0.329. The minimum Gasteiger partial charge on any atom is -0.444 e. The molecule has 3 atom stereocenters. The second-order valence-electron chi connectivity index (χ2n) is 26.8. The van der Waals surface area contributed by atoms with E-state index in [1.807, 2.05) is 26.8 Å². The Morgan fingerprint density at radius 1 is 0.509 bits per heavy atom. The van der Waals surface area contributed by atoms with Crippen LogP contribution < -0.4 is 5.32 Å². The molecule has 0 aromatic carbocycles. The zero-order valence-electron chi connectivity index (χ0n) is 58.8. The van der Waals surface area contributed by atoms with E-state index in [2.05, 4.69) is 65.1 Å². The van der Waals surface area contributed by atoms with Gasteiger partial charge in [-0.15, -0.1) is 0 Å². The monoisotopic (exact) mass is 1530 g/mol. The molecule has 0 radical (unpaired) electrons. The Hall–Kier alpha value is -13.1. The van der Waals surface area contributed by atoms with Crippen molar-refractivity contribution in [2.75, 3.05) is 39.3 Å². The number of fused-ring (bicyclic) bond motifs is 4. The molecular weight excluding hydrogens is 1460 g/mol. The molecule has 566 valence electrons. The Bertz CT molecular complexity index is 5550. The van der Waals surface area contributed by atoms with Gasteiger partial charge in [-0.1, -0.05) is 11.6 Å². The third-order valence-electron chi connectivity index (χ3n) is 18.0. The number of carbonyl (C=O) groups is 2. The van der Waals surface area contributed by atoms with Crippen LogP contribution in [0.25, 0.3) is 68.7 Å². The highest BCUT2D eigenvalue weighted by Crippen LogP contribution is 2.33. The molecule has 15 heterocycles.